The number of hydrogen-bond donors (Lipinski definition) is 1. The van der Waals surface area contributed by atoms with Gasteiger partial charge in [0.1, 0.15) is 0 Å². The highest BCUT2D eigenvalue weighted by molar-refractivity contribution is 7.87. The molecule has 2 unspecified atom stereocenters. The number of rotatable bonds is 5. The van der Waals surface area contributed by atoms with Crippen molar-refractivity contribution in [2.45, 2.75) is 85.0 Å². The molecule has 0 spiro atoms. The fourth-order valence-corrected chi connectivity index (χ4v) is 5.51. The highest BCUT2D eigenvalue weighted by Gasteiger charge is 2.36. The van der Waals surface area contributed by atoms with Gasteiger partial charge in [-0.25, -0.2) is 0 Å². The predicted molar refractivity (Wildman–Crippen MR) is 93.5 cm³/mol. The molecule has 5 nitrogen and oxygen atoms in total. The van der Waals surface area contributed by atoms with Crippen LogP contribution in [0.4, 0.5) is 0 Å². The van der Waals surface area contributed by atoms with Gasteiger partial charge in [-0.3, -0.25) is 0 Å². The van der Waals surface area contributed by atoms with E-state index in [-0.39, 0.29) is 18.2 Å². The maximum absolute atomic E-state index is 12.6. The minimum Gasteiger partial charge on any atom is -0.373 e. The molecular formula is C17H34N2O3S. The predicted octanol–water partition coefficient (Wildman–Crippen LogP) is 2.93. The Morgan fingerprint density at radius 1 is 1.09 bits per heavy atom. The maximum Gasteiger partial charge on any atom is 0.279 e. The molecule has 1 saturated heterocycles. The molecular weight excluding hydrogens is 312 g/mol. The van der Waals surface area contributed by atoms with Gasteiger partial charge >= 0.3 is 0 Å². The Kier molecular flexibility index (Phi) is 6.15. The summed E-state index contributed by atoms with van der Waals surface area (Å²) in [6, 6.07) is 0.0809. The molecule has 1 aliphatic heterocycles. The summed E-state index contributed by atoms with van der Waals surface area (Å²) in [5.74, 6) is 0.705. The highest BCUT2D eigenvalue weighted by atomic mass is 32.2. The summed E-state index contributed by atoms with van der Waals surface area (Å²) >= 11 is 0. The standard InChI is InChI=1S/C17H34N2O3S/c1-6-17(4,5)15-7-9-16(10-8-15)18-23(20,21)19-11-13(2)22-14(3)12-19/h13-16,18H,6-12H2,1-5H3. The van der Waals surface area contributed by atoms with Crippen LogP contribution in [0.3, 0.4) is 0 Å². The van der Waals surface area contributed by atoms with Crippen LogP contribution in [0, 0.1) is 11.3 Å². The SMILES string of the molecule is CCC(C)(C)C1CCC(NS(=O)(=O)N2CC(C)OC(C)C2)CC1. The van der Waals surface area contributed by atoms with Crippen molar-refractivity contribution in [1.82, 2.24) is 9.03 Å². The number of hydrogen-bond acceptors (Lipinski definition) is 3. The molecule has 0 radical (unpaired) electrons. The van der Waals surface area contributed by atoms with E-state index in [1.54, 1.807) is 4.31 Å². The van der Waals surface area contributed by atoms with Crippen molar-refractivity contribution in [3.05, 3.63) is 0 Å². The minimum absolute atomic E-state index is 0.0450. The first-order chi connectivity index (χ1) is 10.6. The second-order valence-corrected chi connectivity index (χ2v) is 9.79. The number of nitrogens with zero attached hydrogens (tertiary/aromatic N) is 1. The van der Waals surface area contributed by atoms with Gasteiger partial charge in [0.25, 0.3) is 10.2 Å². The second kappa shape index (κ2) is 7.38. The van der Waals surface area contributed by atoms with E-state index < -0.39 is 10.2 Å². The molecule has 1 aliphatic carbocycles. The molecule has 136 valence electrons. The lowest BCUT2D eigenvalue weighted by atomic mass is 9.69. The van der Waals surface area contributed by atoms with Gasteiger partial charge < -0.3 is 4.74 Å². The van der Waals surface area contributed by atoms with Crippen molar-refractivity contribution >= 4 is 10.2 Å². The second-order valence-electron chi connectivity index (χ2n) is 8.09. The van der Waals surface area contributed by atoms with Gasteiger partial charge in [0.15, 0.2) is 0 Å². The quantitative estimate of drug-likeness (QED) is 0.833. The average molecular weight is 347 g/mol. The maximum atomic E-state index is 12.6. The topological polar surface area (TPSA) is 58.6 Å². The lowest BCUT2D eigenvalue weighted by Gasteiger charge is -2.40. The van der Waals surface area contributed by atoms with Crippen molar-refractivity contribution in [3.8, 4) is 0 Å². The van der Waals surface area contributed by atoms with Crippen LogP contribution >= 0.6 is 0 Å². The summed E-state index contributed by atoms with van der Waals surface area (Å²) in [6.07, 6.45) is 5.21. The van der Waals surface area contributed by atoms with Crippen LogP contribution in [-0.2, 0) is 14.9 Å². The molecule has 0 bridgehead atoms. The molecule has 0 amide bonds. The number of nitrogens with one attached hydrogen (secondary N) is 1. The highest BCUT2D eigenvalue weighted by Crippen LogP contribution is 2.40. The largest absolute Gasteiger partial charge is 0.373 e. The molecule has 0 aromatic heterocycles. The van der Waals surface area contributed by atoms with E-state index in [0.29, 0.717) is 24.4 Å². The Hall–Kier alpha value is -0.170. The van der Waals surface area contributed by atoms with Gasteiger partial charge in [-0.05, 0) is 50.9 Å². The Bertz CT molecular complexity index is 474. The molecule has 1 heterocycles. The van der Waals surface area contributed by atoms with Gasteiger partial charge in [0.05, 0.1) is 12.2 Å². The van der Waals surface area contributed by atoms with Crippen molar-refractivity contribution in [3.63, 3.8) is 0 Å². The Balaban J connectivity index is 1.90. The van der Waals surface area contributed by atoms with Gasteiger partial charge in [0, 0.05) is 19.1 Å². The Labute approximate surface area is 142 Å². The molecule has 6 heteroatoms. The van der Waals surface area contributed by atoms with Gasteiger partial charge in [-0.2, -0.15) is 17.4 Å². The van der Waals surface area contributed by atoms with Gasteiger partial charge in [-0.15, -0.1) is 0 Å². The van der Waals surface area contributed by atoms with Crippen LogP contribution in [0.15, 0.2) is 0 Å². The molecule has 1 saturated carbocycles. The first kappa shape index (κ1) is 19.2. The van der Waals surface area contributed by atoms with E-state index in [4.69, 9.17) is 4.74 Å². The van der Waals surface area contributed by atoms with Crippen molar-refractivity contribution in [2.24, 2.45) is 11.3 Å². The summed E-state index contributed by atoms with van der Waals surface area (Å²) < 4.78 is 35.4. The first-order valence-electron chi connectivity index (χ1n) is 9.07. The summed E-state index contributed by atoms with van der Waals surface area (Å²) in [7, 11) is -3.40. The van der Waals surface area contributed by atoms with Crippen LogP contribution in [0.25, 0.3) is 0 Å². The first-order valence-corrected chi connectivity index (χ1v) is 10.5. The number of morpholine rings is 1. The summed E-state index contributed by atoms with van der Waals surface area (Å²) in [5, 5.41) is 0. The molecule has 2 rings (SSSR count). The number of ether oxygens (including phenoxy) is 1. The lowest BCUT2D eigenvalue weighted by molar-refractivity contribution is -0.0445. The van der Waals surface area contributed by atoms with E-state index >= 15 is 0 Å². The van der Waals surface area contributed by atoms with Gasteiger partial charge in [0.2, 0.25) is 0 Å². The van der Waals surface area contributed by atoms with Crippen LogP contribution < -0.4 is 4.72 Å². The van der Waals surface area contributed by atoms with Crippen LogP contribution in [0.1, 0.15) is 66.7 Å². The monoisotopic (exact) mass is 346 g/mol. The molecule has 2 atom stereocenters. The zero-order valence-electron chi connectivity index (χ0n) is 15.3. The summed E-state index contributed by atoms with van der Waals surface area (Å²) in [5.41, 5.74) is 0.360. The van der Waals surface area contributed by atoms with E-state index in [1.165, 1.54) is 6.42 Å². The van der Waals surface area contributed by atoms with E-state index in [1.807, 2.05) is 13.8 Å². The summed E-state index contributed by atoms with van der Waals surface area (Å²) in [6.45, 7) is 11.6. The molecule has 0 aromatic carbocycles. The third-order valence-electron chi connectivity index (χ3n) is 5.79. The normalized spacial score (nSPS) is 34.5. The van der Waals surface area contributed by atoms with Crippen LogP contribution in [0.5, 0.6) is 0 Å². The fourth-order valence-electron chi connectivity index (χ4n) is 3.89. The van der Waals surface area contributed by atoms with Crippen LogP contribution in [-0.4, -0.2) is 44.1 Å². The van der Waals surface area contributed by atoms with E-state index in [0.717, 1.165) is 25.7 Å². The Morgan fingerprint density at radius 2 is 1.61 bits per heavy atom. The molecule has 0 aromatic rings. The smallest absolute Gasteiger partial charge is 0.279 e. The average Bonchev–Trinajstić information content (AvgIpc) is 2.46. The Morgan fingerprint density at radius 3 is 2.09 bits per heavy atom. The summed E-state index contributed by atoms with van der Waals surface area (Å²) in [4.78, 5) is 0. The fraction of sp³-hybridized carbons (Fsp3) is 1.00. The van der Waals surface area contributed by atoms with Crippen molar-refractivity contribution in [2.75, 3.05) is 13.1 Å². The minimum atomic E-state index is -3.40. The lowest BCUT2D eigenvalue weighted by Crippen LogP contribution is -2.54. The van der Waals surface area contributed by atoms with Crippen molar-refractivity contribution < 1.29 is 13.2 Å². The van der Waals surface area contributed by atoms with Crippen LogP contribution in [0.2, 0.25) is 0 Å². The molecule has 2 fully saturated rings. The van der Waals surface area contributed by atoms with E-state index in [9.17, 15) is 8.42 Å². The zero-order valence-corrected chi connectivity index (χ0v) is 16.2. The zero-order chi connectivity index (χ0) is 17.3. The van der Waals surface area contributed by atoms with E-state index in [2.05, 4.69) is 25.5 Å². The van der Waals surface area contributed by atoms with Gasteiger partial charge in [-0.1, -0.05) is 27.2 Å². The van der Waals surface area contributed by atoms with Crippen molar-refractivity contribution in [1.29, 1.82) is 0 Å². The third kappa shape index (κ3) is 4.91. The molecule has 1 N–H and O–H groups in total. The molecule has 2 aliphatic rings. The molecule has 23 heavy (non-hydrogen) atoms. The third-order valence-corrected chi connectivity index (χ3v) is 7.39.